The van der Waals surface area contributed by atoms with Gasteiger partial charge in [0.05, 0.1) is 5.75 Å². The second-order valence-electron chi connectivity index (χ2n) is 3.84. The molecular weight excluding hydrogens is 230 g/mol. The van der Waals surface area contributed by atoms with E-state index in [2.05, 4.69) is 0 Å². The minimum atomic E-state index is -3.36. The first-order chi connectivity index (χ1) is 7.43. The first-order valence-corrected chi connectivity index (χ1v) is 7.30. The topological polar surface area (TPSA) is 74.7 Å². The fourth-order valence-corrected chi connectivity index (χ4v) is 2.48. The number of carbonyl (C=O) groups excluding carboxylic acids is 1. The molecule has 0 atom stereocenters. The van der Waals surface area contributed by atoms with Crippen LogP contribution in [0.25, 0.3) is 0 Å². The highest BCUT2D eigenvalue weighted by Crippen LogP contribution is 1.99. The van der Waals surface area contributed by atoms with Crippen molar-refractivity contribution in [1.29, 1.82) is 0 Å². The number of aliphatic hydroxyl groups excluding tert-OH is 1. The molecular formula is C10H21NO4S. The van der Waals surface area contributed by atoms with E-state index in [0.29, 0.717) is 6.54 Å². The normalized spacial score (nSPS) is 11.4. The molecule has 5 nitrogen and oxygen atoms in total. The van der Waals surface area contributed by atoms with Crippen molar-refractivity contribution in [2.24, 2.45) is 0 Å². The van der Waals surface area contributed by atoms with E-state index in [1.807, 2.05) is 6.92 Å². The summed E-state index contributed by atoms with van der Waals surface area (Å²) < 4.78 is 22.8. The Hall–Kier alpha value is -0.620. The predicted molar refractivity (Wildman–Crippen MR) is 62.9 cm³/mol. The number of aliphatic hydroxyl groups is 1. The van der Waals surface area contributed by atoms with Crippen molar-refractivity contribution in [3.63, 3.8) is 0 Å². The van der Waals surface area contributed by atoms with Gasteiger partial charge in [-0.2, -0.15) is 0 Å². The molecule has 0 bridgehead atoms. The van der Waals surface area contributed by atoms with Gasteiger partial charge in [-0.25, -0.2) is 8.42 Å². The highest BCUT2D eigenvalue weighted by molar-refractivity contribution is 7.92. The Labute approximate surface area is 97.4 Å². The molecule has 0 heterocycles. The van der Waals surface area contributed by atoms with Crippen molar-refractivity contribution >= 4 is 15.7 Å². The van der Waals surface area contributed by atoms with Gasteiger partial charge in [-0.05, 0) is 12.8 Å². The highest BCUT2D eigenvalue weighted by atomic mass is 32.2. The number of carbonyl (C=O) groups is 1. The molecule has 0 unspecified atom stereocenters. The summed E-state index contributed by atoms with van der Waals surface area (Å²) in [4.78, 5) is 13.0. The molecule has 0 saturated heterocycles. The zero-order valence-corrected chi connectivity index (χ0v) is 10.8. The molecule has 0 aliphatic carbocycles. The van der Waals surface area contributed by atoms with Gasteiger partial charge in [-0.3, -0.25) is 4.79 Å². The molecule has 0 saturated carbocycles. The molecule has 1 N–H and O–H groups in total. The monoisotopic (exact) mass is 251 g/mol. The van der Waals surface area contributed by atoms with Gasteiger partial charge in [0.1, 0.15) is 5.75 Å². The number of hydrogen-bond donors (Lipinski definition) is 1. The molecule has 1 amide bonds. The fraction of sp³-hybridized carbons (Fsp3) is 0.900. The van der Waals surface area contributed by atoms with Crippen LogP contribution in [-0.4, -0.2) is 56.0 Å². The Morgan fingerprint density at radius 2 is 1.94 bits per heavy atom. The van der Waals surface area contributed by atoms with Gasteiger partial charge in [-0.15, -0.1) is 0 Å². The van der Waals surface area contributed by atoms with Gasteiger partial charge in [0.15, 0.2) is 9.84 Å². The SMILES string of the molecule is CCCCN(C)C(=O)CS(=O)(=O)CCCO. The van der Waals surface area contributed by atoms with Gasteiger partial charge in [0.2, 0.25) is 5.91 Å². The summed E-state index contributed by atoms with van der Waals surface area (Å²) in [6.07, 6.45) is 2.03. The van der Waals surface area contributed by atoms with Crippen molar-refractivity contribution in [3.05, 3.63) is 0 Å². The van der Waals surface area contributed by atoms with E-state index in [9.17, 15) is 13.2 Å². The Morgan fingerprint density at radius 3 is 2.44 bits per heavy atom. The third-order valence-corrected chi connectivity index (χ3v) is 3.83. The van der Waals surface area contributed by atoms with E-state index in [-0.39, 0.29) is 24.7 Å². The highest BCUT2D eigenvalue weighted by Gasteiger charge is 2.18. The maximum Gasteiger partial charge on any atom is 0.237 e. The van der Waals surface area contributed by atoms with E-state index in [1.54, 1.807) is 7.05 Å². The lowest BCUT2D eigenvalue weighted by Gasteiger charge is -2.16. The Bertz CT molecular complexity index is 300. The Kier molecular flexibility index (Phi) is 7.33. The average Bonchev–Trinajstić information content (AvgIpc) is 2.22. The molecule has 16 heavy (non-hydrogen) atoms. The van der Waals surface area contributed by atoms with E-state index in [1.165, 1.54) is 4.90 Å². The fourth-order valence-electron chi connectivity index (χ4n) is 1.17. The maximum atomic E-state index is 11.5. The summed E-state index contributed by atoms with van der Waals surface area (Å²) in [5.74, 6) is -0.948. The summed E-state index contributed by atoms with van der Waals surface area (Å²) in [5.41, 5.74) is 0. The van der Waals surface area contributed by atoms with Crippen LogP contribution in [0.1, 0.15) is 26.2 Å². The minimum Gasteiger partial charge on any atom is -0.396 e. The molecule has 0 aromatic heterocycles. The van der Waals surface area contributed by atoms with Gasteiger partial charge >= 0.3 is 0 Å². The first kappa shape index (κ1) is 15.4. The molecule has 96 valence electrons. The number of sulfone groups is 1. The van der Waals surface area contributed by atoms with Crippen molar-refractivity contribution in [1.82, 2.24) is 4.90 Å². The number of amides is 1. The summed E-state index contributed by atoms with van der Waals surface area (Å²) in [6.45, 7) is 2.43. The summed E-state index contributed by atoms with van der Waals surface area (Å²) in [5, 5.41) is 8.53. The number of rotatable bonds is 8. The third kappa shape index (κ3) is 6.79. The number of nitrogens with zero attached hydrogens (tertiary/aromatic N) is 1. The predicted octanol–water partition coefficient (Wildman–Crippen LogP) is 0.0421. The molecule has 6 heteroatoms. The Balaban J connectivity index is 4.11. The summed E-state index contributed by atoms with van der Waals surface area (Å²) >= 11 is 0. The molecule has 0 rings (SSSR count). The molecule has 0 fully saturated rings. The lowest BCUT2D eigenvalue weighted by molar-refractivity contribution is -0.127. The molecule has 0 aromatic carbocycles. The molecule has 0 spiro atoms. The Morgan fingerprint density at radius 1 is 1.31 bits per heavy atom. The van der Waals surface area contributed by atoms with Crippen LogP contribution >= 0.6 is 0 Å². The van der Waals surface area contributed by atoms with Crippen LogP contribution in [0.15, 0.2) is 0 Å². The zero-order chi connectivity index (χ0) is 12.6. The van der Waals surface area contributed by atoms with Crippen LogP contribution in [0.3, 0.4) is 0 Å². The van der Waals surface area contributed by atoms with Crippen LogP contribution in [0.2, 0.25) is 0 Å². The van der Waals surface area contributed by atoms with Crippen LogP contribution in [0.5, 0.6) is 0 Å². The molecule has 0 aliphatic heterocycles. The van der Waals surface area contributed by atoms with Crippen LogP contribution in [0.4, 0.5) is 0 Å². The van der Waals surface area contributed by atoms with E-state index >= 15 is 0 Å². The first-order valence-electron chi connectivity index (χ1n) is 5.48. The van der Waals surface area contributed by atoms with Crippen molar-refractivity contribution < 1.29 is 18.3 Å². The largest absolute Gasteiger partial charge is 0.396 e. The van der Waals surface area contributed by atoms with Crippen LogP contribution < -0.4 is 0 Å². The average molecular weight is 251 g/mol. The number of hydrogen-bond acceptors (Lipinski definition) is 4. The molecule has 0 aromatic rings. The molecule has 0 aliphatic rings. The van der Waals surface area contributed by atoms with Gasteiger partial charge in [-0.1, -0.05) is 13.3 Å². The summed E-state index contributed by atoms with van der Waals surface area (Å²) in [7, 11) is -1.75. The van der Waals surface area contributed by atoms with Crippen LogP contribution in [0, 0.1) is 0 Å². The standard InChI is InChI=1S/C10H21NO4S/c1-3-4-6-11(2)10(13)9-16(14,15)8-5-7-12/h12H,3-9H2,1-2H3. The van der Waals surface area contributed by atoms with E-state index in [4.69, 9.17) is 5.11 Å². The number of unbranched alkanes of at least 4 members (excludes halogenated alkanes) is 1. The minimum absolute atomic E-state index is 0.128. The van der Waals surface area contributed by atoms with Crippen molar-refractivity contribution in [2.75, 3.05) is 31.7 Å². The lowest BCUT2D eigenvalue weighted by atomic mass is 10.3. The zero-order valence-electron chi connectivity index (χ0n) is 9.98. The second kappa shape index (κ2) is 7.62. The van der Waals surface area contributed by atoms with Gasteiger partial charge in [0, 0.05) is 20.2 Å². The quantitative estimate of drug-likeness (QED) is 0.661. The third-order valence-electron chi connectivity index (χ3n) is 2.23. The van der Waals surface area contributed by atoms with Crippen molar-refractivity contribution in [2.45, 2.75) is 26.2 Å². The lowest BCUT2D eigenvalue weighted by Crippen LogP contribution is -2.34. The summed E-state index contributed by atoms with van der Waals surface area (Å²) in [6, 6.07) is 0. The van der Waals surface area contributed by atoms with Gasteiger partial charge in [0.25, 0.3) is 0 Å². The van der Waals surface area contributed by atoms with Gasteiger partial charge < -0.3 is 10.0 Å². The van der Waals surface area contributed by atoms with E-state index in [0.717, 1.165) is 12.8 Å². The van der Waals surface area contributed by atoms with Crippen LogP contribution in [-0.2, 0) is 14.6 Å². The second-order valence-corrected chi connectivity index (χ2v) is 6.02. The van der Waals surface area contributed by atoms with E-state index < -0.39 is 15.6 Å². The molecule has 0 radical (unpaired) electrons. The maximum absolute atomic E-state index is 11.5. The smallest absolute Gasteiger partial charge is 0.237 e. The van der Waals surface area contributed by atoms with Crippen molar-refractivity contribution in [3.8, 4) is 0 Å².